The maximum Gasteiger partial charge on any atom is 0.336 e. The van der Waals surface area contributed by atoms with Gasteiger partial charge in [-0.25, -0.2) is 9.59 Å². The van der Waals surface area contributed by atoms with Crippen molar-refractivity contribution < 1.29 is 29.4 Å². The minimum Gasteiger partial charge on any atom is -0.478 e. The third-order valence-corrected chi connectivity index (χ3v) is 4.82. The fourth-order valence-corrected chi connectivity index (χ4v) is 3.25. The van der Waals surface area contributed by atoms with Gasteiger partial charge in [0, 0.05) is 23.9 Å². The Balaban J connectivity index is 1.98. The number of aryl methyl sites for hydroxylation is 1. The molecule has 3 aromatic rings. The van der Waals surface area contributed by atoms with Crippen LogP contribution in [0.25, 0.3) is 11.1 Å². The Labute approximate surface area is 183 Å². The molecular weight excluding hydrogens is 412 g/mol. The van der Waals surface area contributed by atoms with Crippen LogP contribution in [0.2, 0.25) is 0 Å². The zero-order valence-electron chi connectivity index (χ0n) is 17.3. The maximum absolute atomic E-state index is 12.6. The lowest BCUT2D eigenvalue weighted by atomic mass is 9.93. The topological polar surface area (TPSA) is 133 Å². The number of carboxylic acids is 2. The number of hydrogen-bond acceptors (Lipinski definition) is 4. The van der Waals surface area contributed by atoms with Crippen molar-refractivity contribution in [1.82, 2.24) is 5.32 Å². The monoisotopic (exact) mass is 432 g/mol. The molecule has 3 aromatic carbocycles. The van der Waals surface area contributed by atoms with Crippen molar-refractivity contribution in [2.24, 2.45) is 0 Å². The molecular formula is C24H20N2O6. The molecule has 0 unspecified atom stereocenters. The second-order valence-electron chi connectivity index (χ2n) is 7.03. The van der Waals surface area contributed by atoms with E-state index in [2.05, 4.69) is 10.6 Å². The van der Waals surface area contributed by atoms with Gasteiger partial charge in [0.15, 0.2) is 0 Å². The molecule has 0 aromatic heterocycles. The Hall–Kier alpha value is -4.46. The molecule has 32 heavy (non-hydrogen) atoms. The molecule has 0 aliphatic heterocycles. The molecule has 8 nitrogen and oxygen atoms in total. The molecule has 8 heteroatoms. The number of carboxylic acid groups (broad SMARTS) is 2. The molecule has 2 amide bonds. The quantitative estimate of drug-likeness (QED) is 0.470. The summed E-state index contributed by atoms with van der Waals surface area (Å²) in [6.45, 7) is 1.74. The van der Waals surface area contributed by atoms with E-state index >= 15 is 0 Å². The van der Waals surface area contributed by atoms with E-state index < -0.39 is 17.8 Å². The number of carbonyl (C=O) groups excluding carboxylic acids is 2. The molecule has 0 bridgehead atoms. The summed E-state index contributed by atoms with van der Waals surface area (Å²) in [6, 6.07) is 15.0. The molecule has 0 fully saturated rings. The normalized spacial score (nSPS) is 10.3. The zero-order valence-corrected chi connectivity index (χ0v) is 17.3. The van der Waals surface area contributed by atoms with Gasteiger partial charge >= 0.3 is 11.9 Å². The molecule has 0 saturated carbocycles. The average Bonchev–Trinajstić information content (AvgIpc) is 2.78. The average molecular weight is 432 g/mol. The number of hydrogen-bond donors (Lipinski definition) is 4. The summed E-state index contributed by atoms with van der Waals surface area (Å²) in [4.78, 5) is 48.0. The van der Waals surface area contributed by atoms with Crippen LogP contribution in [0, 0.1) is 6.92 Å². The maximum atomic E-state index is 12.6. The Morgan fingerprint density at radius 3 is 1.88 bits per heavy atom. The lowest BCUT2D eigenvalue weighted by molar-refractivity contribution is 0.0684. The van der Waals surface area contributed by atoms with Crippen LogP contribution in [0.5, 0.6) is 0 Å². The van der Waals surface area contributed by atoms with Gasteiger partial charge in [-0.2, -0.15) is 0 Å². The van der Waals surface area contributed by atoms with Crippen LogP contribution >= 0.6 is 0 Å². The minimum atomic E-state index is -1.27. The second-order valence-corrected chi connectivity index (χ2v) is 7.03. The molecule has 3 rings (SSSR count). The summed E-state index contributed by atoms with van der Waals surface area (Å²) >= 11 is 0. The van der Waals surface area contributed by atoms with Crippen LogP contribution in [0.3, 0.4) is 0 Å². The van der Waals surface area contributed by atoms with Gasteiger partial charge in [-0.1, -0.05) is 29.8 Å². The number of anilines is 1. The first-order chi connectivity index (χ1) is 15.2. The lowest BCUT2D eigenvalue weighted by Crippen LogP contribution is -2.19. The van der Waals surface area contributed by atoms with Crippen molar-refractivity contribution in [3.05, 3.63) is 88.5 Å². The predicted octanol–water partition coefficient (Wildman–Crippen LogP) is 3.67. The van der Waals surface area contributed by atoms with E-state index in [0.29, 0.717) is 5.56 Å². The fourth-order valence-electron chi connectivity index (χ4n) is 3.25. The van der Waals surface area contributed by atoms with Crippen LogP contribution in [-0.4, -0.2) is 41.0 Å². The van der Waals surface area contributed by atoms with Crippen LogP contribution in [0.15, 0.2) is 60.7 Å². The van der Waals surface area contributed by atoms with Crippen molar-refractivity contribution in [1.29, 1.82) is 0 Å². The lowest BCUT2D eigenvalue weighted by Gasteiger charge is -2.13. The first-order valence-corrected chi connectivity index (χ1v) is 9.56. The molecule has 4 N–H and O–H groups in total. The van der Waals surface area contributed by atoms with Crippen LogP contribution in [0.1, 0.15) is 47.0 Å². The smallest absolute Gasteiger partial charge is 0.336 e. The van der Waals surface area contributed by atoms with Gasteiger partial charge in [-0.15, -0.1) is 0 Å². The predicted molar refractivity (Wildman–Crippen MR) is 118 cm³/mol. The van der Waals surface area contributed by atoms with Crippen LogP contribution in [-0.2, 0) is 0 Å². The highest BCUT2D eigenvalue weighted by atomic mass is 16.4. The van der Waals surface area contributed by atoms with Crippen molar-refractivity contribution in [3.63, 3.8) is 0 Å². The second kappa shape index (κ2) is 9.13. The number of amides is 2. The number of nitrogens with one attached hydrogen (secondary N) is 2. The van der Waals surface area contributed by atoms with E-state index in [4.69, 9.17) is 0 Å². The summed E-state index contributed by atoms with van der Waals surface area (Å²) < 4.78 is 0. The first kappa shape index (κ1) is 22.2. The van der Waals surface area contributed by atoms with E-state index in [0.717, 1.165) is 5.56 Å². The van der Waals surface area contributed by atoms with Gasteiger partial charge < -0.3 is 20.8 Å². The number of aromatic carboxylic acids is 2. The standard InChI is InChI=1S/C24H20N2O6/c1-13-6-8-17(19(10-13)23(29)30)18-9-7-16(12-20(18)24(31)32)26-22(28)15-5-3-4-14(11-15)21(27)25-2/h3-12H,1-2H3,(H,25,27)(H,26,28)(H,29,30)(H,31,32). The molecule has 0 aliphatic carbocycles. The van der Waals surface area contributed by atoms with Crippen molar-refractivity contribution in [3.8, 4) is 11.1 Å². The highest BCUT2D eigenvalue weighted by Gasteiger charge is 2.19. The highest BCUT2D eigenvalue weighted by Crippen LogP contribution is 2.30. The van der Waals surface area contributed by atoms with Gasteiger partial charge in [0.05, 0.1) is 11.1 Å². The number of carbonyl (C=O) groups is 4. The van der Waals surface area contributed by atoms with Crippen LogP contribution < -0.4 is 10.6 Å². The summed E-state index contributed by atoms with van der Waals surface area (Å²) in [7, 11) is 1.48. The SMILES string of the molecule is CNC(=O)c1cccc(C(=O)Nc2ccc(-c3ccc(C)cc3C(=O)O)c(C(=O)O)c2)c1. The van der Waals surface area contributed by atoms with Crippen LogP contribution in [0.4, 0.5) is 5.69 Å². The fraction of sp³-hybridized carbons (Fsp3) is 0.0833. The molecule has 0 aliphatic rings. The van der Waals surface area contributed by atoms with Gasteiger partial charge in [0.25, 0.3) is 11.8 Å². The molecule has 0 radical (unpaired) electrons. The molecule has 0 spiro atoms. The van der Waals surface area contributed by atoms with Crippen molar-refractivity contribution >= 4 is 29.4 Å². The molecule has 162 valence electrons. The van der Waals surface area contributed by atoms with E-state index in [1.54, 1.807) is 31.2 Å². The Morgan fingerprint density at radius 1 is 0.719 bits per heavy atom. The summed E-state index contributed by atoms with van der Waals surface area (Å²) in [5, 5.41) is 24.3. The summed E-state index contributed by atoms with van der Waals surface area (Å²) in [6.07, 6.45) is 0. The van der Waals surface area contributed by atoms with E-state index in [-0.39, 0.29) is 39.4 Å². The summed E-state index contributed by atoms with van der Waals surface area (Å²) in [5.74, 6) is -3.31. The largest absolute Gasteiger partial charge is 0.478 e. The van der Waals surface area contributed by atoms with E-state index in [1.807, 2.05) is 0 Å². The van der Waals surface area contributed by atoms with Crippen molar-refractivity contribution in [2.75, 3.05) is 12.4 Å². The number of rotatable bonds is 6. The van der Waals surface area contributed by atoms with Gasteiger partial charge in [-0.05, 0) is 54.4 Å². The Morgan fingerprint density at radius 2 is 1.28 bits per heavy atom. The summed E-state index contributed by atoms with van der Waals surface area (Å²) in [5.41, 5.74) is 1.77. The molecule has 0 heterocycles. The minimum absolute atomic E-state index is 0.0182. The van der Waals surface area contributed by atoms with Gasteiger partial charge in [0.2, 0.25) is 0 Å². The Kier molecular flexibility index (Phi) is 6.34. The first-order valence-electron chi connectivity index (χ1n) is 9.56. The number of benzene rings is 3. The highest BCUT2D eigenvalue weighted by molar-refractivity contribution is 6.08. The molecule has 0 atom stereocenters. The Bertz CT molecular complexity index is 1250. The van der Waals surface area contributed by atoms with E-state index in [1.165, 1.54) is 43.4 Å². The third-order valence-electron chi connectivity index (χ3n) is 4.82. The van der Waals surface area contributed by atoms with E-state index in [9.17, 15) is 29.4 Å². The van der Waals surface area contributed by atoms with Crippen molar-refractivity contribution in [2.45, 2.75) is 6.92 Å². The molecule has 0 saturated heterocycles. The van der Waals surface area contributed by atoms with Gasteiger partial charge in [0.1, 0.15) is 0 Å². The zero-order chi connectivity index (χ0) is 23.4. The third kappa shape index (κ3) is 4.65. The van der Waals surface area contributed by atoms with Gasteiger partial charge in [-0.3, -0.25) is 9.59 Å².